The lowest BCUT2D eigenvalue weighted by Gasteiger charge is -2.25. The molecule has 0 aliphatic heterocycles. The van der Waals surface area contributed by atoms with Gasteiger partial charge in [-0.3, -0.25) is 4.79 Å². The van der Waals surface area contributed by atoms with Crippen molar-refractivity contribution in [2.75, 3.05) is 12.3 Å². The topological polar surface area (TPSA) is 91.1 Å². The highest BCUT2D eigenvalue weighted by Crippen LogP contribution is 2.23. The maximum absolute atomic E-state index is 11.7. The number of carbonyl (C=O) groups excluding carboxylic acids is 1. The van der Waals surface area contributed by atoms with E-state index in [1.165, 1.54) is 0 Å². The molecule has 2 rings (SSSR count). The number of H-pyrrole nitrogens is 1. The number of hydrogen-bond acceptors (Lipinski definition) is 3. The highest BCUT2D eigenvalue weighted by Gasteiger charge is 2.20. The third-order valence-electron chi connectivity index (χ3n) is 3.32. The van der Waals surface area contributed by atoms with Crippen LogP contribution in [0.2, 0.25) is 0 Å². The number of carbonyl (C=O) groups is 1. The fourth-order valence-corrected chi connectivity index (χ4v) is 2.22. The molecule has 1 fully saturated rings. The molecule has 0 bridgehead atoms. The number of nitrogens with one attached hydrogen (secondary N) is 2. The van der Waals surface area contributed by atoms with Crippen molar-refractivity contribution in [2.45, 2.75) is 31.8 Å². The number of aromatic nitrogens is 1. The molecule has 1 amide bonds. The van der Waals surface area contributed by atoms with Crippen molar-refractivity contribution in [3.63, 3.8) is 0 Å². The molecule has 5 heteroatoms. The Balaban J connectivity index is 1.76. The zero-order chi connectivity index (χ0) is 12.3. The molecule has 17 heavy (non-hydrogen) atoms. The molecule has 0 saturated heterocycles. The van der Waals surface area contributed by atoms with Gasteiger partial charge >= 0.3 is 0 Å². The highest BCUT2D eigenvalue weighted by molar-refractivity contribution is 5.93. The summed E-state index contributed by atoms with van der Waals surface area (Å²) in [7, 11) is 0. The fraction of sp³-hybridized carbons (Fsp3) is 0.583. The summed E-state index contributed by atoms with van der Waals surface area (Å²) in [6, 6.07) is 1.62. The summed E-state index contributed by atoms with van der Waals surface area (Å²) in [6.45, 7) is 0.671. The summed E-state index contributed by atoms with van der Waals surface area (Å²) in [5.74, 6) is 0.363. The van der Waals surface area contributed by atoms with Gasteiger partial charge in [0.2, 0.25) is 0 Å². The van der Waals surface area contributed by atoms with Crippen molar-refractivity contribution in [2.24, 2.45) is 5.92 Å². The second kappa shape index (κ2) is 5.23. The van der Waals surface area contributed by atoms with Crippen LogP contribution >= 0.6 is 0 Å². The van der Waals surface area contributed by atoms with Crippen LogP contribution in [0.5, 0.6) is 0 Å². The van der Waals surface area contributed by atoms with Gasteiger partial charge in [-0.2, -0.15) is 0 Å². The summed E-state index contributed by atoms with van der Waals surface area (Å²) < 4.78 is 0. The molecule has 1 saturated carbocycles. The summed E-state index contributed by atoms with van der Waals surface area (Å²) in [5.41, 5.74) is 6.60. The van der Waals surface area contributed by atoms with Gasteiger partial charge < -0.3 is 21.1 Å². The van der Waals surface area contributed by atoms with Crippen LogP contribution in [0.15, 0.2) is 12.3 Å². The van der Waals surface area contributed by atoms with Gasteiger partial charge in [0.1, 0.15) is 5.69 Å². The number of aliphatic hydroxyl groups is 1. The van der Waals surface area contributed by atoms with Crippen LogP contribution in [0.4, 0.5) is 5.69 Å². The van der Waals surface area contributed by atoms with Gasteiger partial charge in [0.15, 0.2) is 0 Å². The molecule has 1 aromatic heterocycles. The Morgan fingerprint density at radius 1 is 1.47 bits per heavy atom. The van der Waals surface area contributed by atoms with E-state index >= 15 is 0 Å². The maximum atomic E-state index is 11.7. The minimum Gasteiger partial charge on any atom is -0.397 e. The molecule has 1 heterocycles. The highest BCUT2D eigenvalue weighted by atomic mass is 16.3. The molecule has 1 aliphatic rings. The zero-order valence-corrected chi connectivity index (χ0v) is 9.78. The largest absolute Gasteiger partial charge is 0.397 e. The van der Waals surface area contributed by atoms with Crippen molar-refractivity contribution in [3.05, 3.63) is 18.0 Å². The van der Waals surface area contributed by atoms with Crippen molar-refractivity contribution in [3.8, 4) is 0 Å². The number of aromatic amines is 1. The van der Waals surface area contributed by atoms with E-state index in [0.717, 1.165) is 25.7 Å². The average Bonchev–Trinajstić information content (AvgIpc) is 2.75. The monoisotopic (exact) mass is 237 g/mol. The van der Waals surface area contributed by atoms with Gasteiger partial charge in [0.25, 0.3) is 5.91 Å². The molecular weight excluding hydrogens is 218 g/mol. The molecule has 0 radical (unpaired) electrons. The Hall–Kier alpha value is -1.49. The third-order valence-corrected chi connectivity index (χ3v) is 3.32. The molecule has 5 N–H and O–H groups in total. The number of aliphatic hydroxyl groups excluding tert-OH is 1. The lowest BCUT2D eigenvalue weighted by atomic mass is 9.87. The van der Waals surface area contributed by atoms with Crippen LogP contribution in [-0.2, 0) is 0 Å². The van der Waals surface area contributed by atoms with Gasteiger partial charge in [-0.05, 0) is 37.7 Å². The van der Waals surface area contributed by atoms with Gasteiger partial charge in [-0.1, -0.05) is 0 Å². The number of nitrogen functional groups attached to an aromatic ring is 1. The van der Waals surface area contributed by atoms with E-state index in [9.17, 15) is 9.90 Å². The van der Waals surface area contributed by atoms with Crippen LogP contribution in [-0.4, -0.2) is 28.6 Å². The summed E-state index contributed by atoms with van der Waals surface area (Å²) >= 11 is 0. The Labute approximate surface area is 100 Å². The number of nitrogens with two attached hydrogens (primary N) is 1. The first kappa shape index (κ1) is 12.0. The summed E-state index contributed by atoms with van der Waals surface area (Å²) in [6.07, 6.45) is 5.10. The minimum absolute atomic E-state index is 0.118. The van der Waals surface area contributed by atoms with Crippen molar-refractivity contribution in [1.82, 2.24) is 10.3 Å². The third kappa shape index (κ3) is 3.23. The van der Waals surface area contributed by atoms with Crippen molar-refractivity contribution < 1.29 is 9.90 Å². The lowest BCUT2D eigenvalue weighted by Crippen LogP contribution is -2.32. The molecule has 1 aromatic rings. The predicted molar refractivity (Wildman–Crippen MR) is 65.5 cm³/mol. The van der Waals surface area contributed by atoms with Gasteiger partial charge in [0, 0.05) is 18.4 Å². The van der Waals surface area contributed by atoms with Crippen LogP contribution in [0, 0.1) is 5.92 Å². The Kier molecular flexibility index (Phi) is 3.68. The Morgan fingerprint density at radius 3 is 2.76 bits per heavy atom. The second-order valence-electron chi connectivity index (χ2n) is 4.73. The molecule has 5 nitrogen and oxygen atoms in total. The molecule has 0 spiro atoms. The second-order valence-corrected chi connectivity index (χ2v) is 4.73. The molecule has 0 unspecified atom stereocenters. The lowest BCUT2D eigenvalue weighted by molar-refractivity contribution is 0.0906. The standard InChI is InChI=1S/C12H19N3O2/c13-9-5-11(14-7-9)12(17)15-6-8-1-3-10(16)4-2-8/h5,7-8,10,14,16H,1-4,6,13H2,(H,15,17). The normalized spacial score (nSPS) is 24.5. The average molecular weight is 237 g/mol. The number of hydrogen-bond donors (Lipinski definition) is 4. The first-order valence-corrected chi connectivity index (χ1v) is 6.05. The van der Waals surface area contributed by atoms with Gasteiger partial charge in [-0.25, -0.2) is 0 Å². The van der Waals surface area contributed by atoms with Gasteiger partial charge in [0.05, 0.1) is 6.10 Å². The summed E-state index contributed by atoms with van der Waals surface area (Å²) in [5, 5.41) is 12.3. The molecule has 0 aromatic carbocycles. The SMILES string of the molecule is Nc1c[nH]c(C(=O)NCC2CCC(O)CC2)c1. The zero-order valence-electron chi connectivity index (χ0n) is 9.78. The summed E-state index contributed by atoms with van der Waals surface area (Å²) in [4.78, 5) is 14.5. The predicted octanol–water partition coefficient (Wildman–Crippen LogP) is 0.878. The molecule has 1 aliphatic carbocycles. The van der Waals surface area contributed by atoms with Crippen LogP contribution in [0.1, 0.15) is 36.2 Å². The molecular formula is C12H19N3O2. The van der Waals surface area contributed by atoms with E-state index in [-0.39, 0.29) is 12.0 Å². The number of rotatable bonds is 3. The van der Waals surface area contributed by atoms with Crippen LogP contribution in [0.3, 0.4) is 0 Å². The van der Waals surface area contributed by atoms with E-state index in [2.05, 4.69) is 10.3 Å². The van der Waals surface area contributed by atoms with E-state index in [0.29, 0.717) is 23.8 Å². The van der Waals surface area contributed by atoms with E-state index in [1.54, 1.807) is 12.3 Å². The quantitative estimate of drug-likeness (QED) is 0.629. The molecule has 0 atom stereocenters. The Morgan fingerprint density at radius 2 is 2.18 bits per heavy atom. The van der Waals surface area contributed by atoms with E-state index in [1.807, 2.05) is 0 Å². The van der Waals surface area contributed by atoms with Crippen LogP contribution in [0.25, 0.3) is 0 Å². The van der Waals surface area contributed by atoms with Crippen molar-refractivity contribution >= 4 is 11.6 Å². The van der Waals surface area contributed by atoms with Crippen molar-refractivity contribution in [1.29, 1.82) is 0 Å². The van der Waals surface area contributed by atoms with E-state index in [4.69, 9.17) is 5.73 Å². The van der Waals surface area contributed by atoms with Gasteiger partial charge in [-0.15, -0.1) is 0 Å². The number of anilines is 1. The Bertz CT molecular complexity index is 381. The molecule has 94 valence electrons. The minimum atomic E-state index is -0.148. The van der Waals surface area contributed by atoms with E-state index < -0.39 is 0 Å². The first-order chi connectivity index (χ1) is 8.15. The number of amides is 1. The smallest absolute Gasteiger partial charge is 0.267 e. The first-order valence-electron chi connectivity index (χ1n) is 6.05. The maximum Gasteiger partial charge on any atom is 0.267 e. The fourth-order valence-electron chi connectivity index (χ4n) is 2.22. The van der Waals surface area contributed by atoms with Crippen LogP contribution < -0.4 is 11.1 Å².